The van der Waals surface area contributed by atoms with Gasteiger partial charge in [-0.2, -0.15) is 0 Å². The number of H-pyrrole nitrogens is 1. The number of carbonyl (C=O) groups is 2. The Morgan fingerprint density at radius 3 is 2.69 bits per heavy atom. The van der Waals surface area contributed by atoms with Gasteiger partial charge >= 0.3 is 5.97 Å². The summed E-state index contributed by atoms with van der Waals surface area (Å²) in [6.45, 7) is 0. The summed E-state index contributed by atoms with van der Waals surface area (Å²) in [4.78, 5) is 27.3. The molecule has 0 aliphatic heterocycles. The molecule has 4 aromatic rings. The summed E-state index contributed by atoms with van der Waals surface area (Å²) in [6.07, 6.45) is 1.96. The largest absolute Gasteiger partial charge is 0.480 e. The van der Waals surface area contributed by atoms with E-state index >= 15 is 0 Å². The topological polar surface area (TPSA) is 113 Å². The smallest absolute Gasteiger partial charge is 0.326 e. The van der Waals surface area contributed by atoms with Crippen molar-refractivity contribution in [2.24, 2.45) is 7.05 Å². The summed E-state index contributed by atoms with van der Waals surface area (Å²) < 4.78 is 1.78. The van der Waals surface area contributed by atoms with Gasteiger partial charge in [-0.25, -0.2) is 4.79 Å². The molecule has 4 rings (SSSR count). The normalized spacial score (nSPS) is 12.1. The standard InChI is InChI=1S/C22H20ClN5O3S/c1-28-20(13-6-8-15(23)9-7-13)26-27-22(28)32-12-19(29)25-18(21(30)31)10-14-11-24-17-5-3-2-4-16(14)17/h2-9,11,18,24H,10,12H2,1H3,(H,25,29)(H,30,31)/t18-/m1/s1. The van der Waals surface area contributed by atoms with E-state index in [1.807, 2.05) is 36.4 Å². The van der Waals surface area contributed by atoms with E-state index < -0.39 is 17.9 Å². The number of nitrogens with one attached hydrogen (secondary N) is 2. The quantitative estimate of drug-likeness (QED) is 0.340. The molecule has 2 aromatic heterocycles. The van der Waals surface area contributed by atoms with Crippen molar-refractivity contribution < 1.29 is 14.7 Å². The van der Waals surface area contributed by atoms with Crippen LogP contribution in [0, 0.1) is 0 Å². The molecule has 2 heterocycles. The van der Waals surface area contributed by atoms with Crippen LogP contribution in [-0.2, 0) is 23.1 Å². The molecule has 0 fully saturated rings. The molecule has 32 heavy (non-hydrogen) atoms. The highest BCUT2D eigenvalue weighted by molar-refractivity contribution is 7.99. The molecule has 0 unspecified atom stereocenters. The van der Waals surface area contributed by atoms with Crippen LogP contribution in [0.1, 0.15) is 5.56 Å². The van der Waals surface area contributed by atoms with Crippen molar-refractivity contribution in [2.75, 3.05) is 5.75 Å². The van der Waals surface area contributed by atoms with Crippen LogP contribution in [0.5, 0.6) is 0 Å². The van der Waals surface area contributed by atoms with Crippen LogP contribution in [-0.4, -0.2) is 48.5 Å². The lowest BCUT2D eigenvalue weighted by Gasteiger charge is -2.14. The third-order valence-corrected chi connectivity index (χ3v) is 6.27. The van der Waals surface area contributed by atoms with Crippen LogP contribution in [0.4, 0.5) is 0 Å². The van der Waals surface area contributed by atoms with Crippen molar-refractivity contribution in [3.05, 3.63) is 65.3 Å². The fraction of sp³-hybridized carbons (Fsp3) is 0.182. The predicted octanol–water partition coefficient (Wildman–Crippen LogP) is 3.52. The number of aliphatic carboxylic acids is 1. The van der Waals surface area contributed by atoms with E-state index in [1.165, 1.54) is 11.8 Å². The molecule has 2 aromatic carbocycles. The number of rotatable bonds is 8. The molecule has 3 N–H and O–H groups in total. The maximum atomic E-state index is 12.5. The van der Waals surface area contributed by atoms with E-state index in [0.29, 0.717) is 16.0 Å². The number of amides is 1. The van der Waals surface area contributed by atoms with E-state index in [2.05, 4.69) is 20.5 Å². The van der Waals surface area contributed by atoms with Gasteiger partial charge in [-0.15, -0.1) is 10.2 Å². The van der Waals surface area contributed by atoms with Crippen LogP contribution < -0.4 is 5.32 Å². The van der Waals surface area contributed by atoms with E-state index in [0.717, 1.165) is 22.0 Å². The molecule has 8 nitrogen and oxygen atoms in total. The van der Waals surface area contributed by atoms with Crippen molar-refractivity contribution in [1.29, 1.82) is 0 Å². The van der Waals surface area contributed by atoms with Gasteiger partial charge in [0.2, 0.25) is 5.91 Å². The van der Waals surface area contributed by atoms with Gasteiger partial charge in [0.1, 0.15) is 6.04 Å². The van der Waals surface area contributed by atoms with Crippen molar-refractivity contribution in [3.63, 3.8) is 0 Å². The van der Waals surface area contributed by atoms with Gasteiger partial charge in [0.05, 0.1) is 5.75 Å². The zero-order chi connectivity index (χ0) is 22.7. The molecule has 0 aliphatic carbocycles. The van der Waals surface area contributed by atoms with Gasteiger partial charge in [-0.3, -0.25) is 4.79 Å². The second kappa shape index (κ2) is 9.46. The SMILES string of the molecule is Cn1c(SCC(=O)N[C@H](Cc2c[nH]c3ccccc23)C(=O)O)nnc1-c1ccc(Cl)cc1. The number of carboxylic acid groups (broad SMARTS) is 1. The lowest BCUT2D eigenvalue weighted by Crippen LogP contribution is -2.43. The Bertz CT molecular complexity index is 1270. The number of halogens is 1. The molecule has 1 amide bonds. The van der Waals surface area contributed by atoms with E-state index in [4.69, 9.17) is 11.6 Å². The monoisotopic (exact) mass is 469 g/mol. The molecule has 0 radical (unpaired) electrons. The van der Waals surface area contributed by atoms with Crippen molar-refractivity contribution in [2.45, 2.75) is 17.6 Å². The first-order valence-electron chi connectivity index (χ1n) is 9.77. The number of carbonyl (C=O) groups excluding carboxylic acids is 1. The van der Waals surface area contributed by atoms with E-state index in [9.17, 15) is 14.7 Å². The number of hydrogen-bond donors (Lipinski definition) is 3. The Morgan fingerprint density at radius 2 is 1.94 bits per heavy atom. The van der Waals surface area contributed by atoms with Crippen molar-refractivity contribution >= 4 is 46.1 Å². The molecule has 0 aliphatic rings. The summed E-state index contributed by atoms with van der Waals surface area (Å²) in [5.74, 6) is -0.813. The van der Waals surface area contributed by atoms with Crippen molar-refractivity contribution in [1.82, 2.24) is 25.1 Å². The van der Waals surface area contributed by atoms with Gasteiger partial charge in [0.25, 0.3) is 0 Å². The second-order valence-electron chi connectivity index (χ2n) is 7.18. The molecule has 0 bridgehead atoms. The number of para-hydroxylation sites is 1. The first-order chi connectivity index (χ1) is 15.4. The number of carboxylic acids is 1. The maximum Gasteiger partial charge on any atom is 0.326 e. The van der Waals surface area contributed by atoms with Gasteiger partial charge < -0.3 is 20.0 Å². The maximum absolute atomic E-state index is 12.5. The number of thioether (sulfide) groups is 1. The third kappa shape index (κ3) is 4.79. The highest BCUT2D eigenvalue weighted by Gasteiger charge is 2.22. The Morgan fingerprint density at radius 1 is 1.19 bits per heavy atom. The fourth-order valence-electron chi connectivity index (χ4n) is 3.38. The Balaban J connectivity index is 1.39. The Kier molecular flexibility index (Phi) is 6.48. The van der Waals surface area contributed by atoms with Crippen LogP contribution in [0.2, 0.25) is 5.02 Å². The number of aromatic amines is 1. The van der Waals surface area contributed by atoms with E-state index in [-0.39, 0.29) is 12.2 Å². The fourth-order valence-corrected chi connectivity index (χ4v) is 4.23. The van der Waals surface area contributed by atoms with Crippen LogP contribution in [0.3, 0.4) is 0 Å². The second-order valence-corrected chi connectivity index (χ2v) is 8.56. The Labute approximate surface area is 193 Å². The molecule has 1 atom stereocenters. The lowest BCUT2D eigenvalue weighted by atomic mass is 10.1. The number of fused-ring (bicyclic) bond motifs is 1. The van der Waals surface area contributed by atoms with Crippen LogP contribution in [0.15, 0.2) is 59.9 Å². The van der Waals surface area contributed by atoms with Gasteiger partial charge in [-0.05, 0) is 35.9 Å². The van der Waals surface area contributed by atoms with Crippen molar-refractivity contribution in [3.8, 4) is 11.4 Å². The predicted molar refractivity (Wildman–Crippen MR) is 124 cm³/mol. The Hall–Kier alpha value is -3.30. The molecular formula is C22H20ClN5O3S. The summed E-state index contributed by atoms with van der Waals surface area (Å²) in [6, 6.07) is 13.8. The first kappa shape index (κ1) is 21.9. The summed E-state index contributed by atoms with van der Waals surface area (Å²) in [5, 5.41) is 22.6. The van der Waals surface area contributed by atoms with Crippen LogP contribution >= 0.6 is 23.4 Å². The average Bonchev–Trinajstić information content (AvgIpc) is 3.36. The zero-order valence-corrected chi connectivity index (χ0v) is 18.7. The summed E-state index contributed by atoms with van der Waals surface area (Å²) >= 11 is 7.12. The van der Waals surface area contributed by atoms with Gasteiger partial charge in [0.15, 0.2) is 11.0 Å². The number of benzene rings is 2. The van der Waals surface area contributed by atoms with Gasteiger partial charge in [-0.1, -0.05) is 41.6 Å². The highest BCUT2D eigenvalue weighted by Crippen LogP contribution is 2.24. The number of nitrogens with zero attached hydrogens (tertiary/aromatic N) is 3. The average molecular weight is 470 g/mol. The minimum atomic E-state index is -1.09. The molecule has 10 heteroatoms. The summed E-state index contributed by atoms with van der Waals surface area (Å²) in [5.41, 5.74) is 2.61. The number of aromatic nitrogens is 4. The van der Waals surface area contributed by atoms with E-state index in [1.54, 1.807) is 29.9 Å². The first-order valence-corrected chi connectivity index (χ1v) is 11.1. The highest BCUT2D eigenvalue weighted by atomic mass is 35.5. The van der Waals surface area contributed by atoms with Crippen LogP contribution in [0.25, 0.3) is 22.3 Å². The zero-order valence-electron chi connectivity index (χ0n) is 17.1. The molecule has 164 valence electrons. The molecule has 0 spiro atoms. The third-order valence-electron chi connectivity index (χ3n) is 5.00. The number of hydrogen-bond acceptors (Lipinski definition) is 5. The lowest BCUT2D eigenvalue weighted by molar-refractivity contribution is -0.141. The molecule has 0 saturated heterocycles. The molecular weight excluding hydrogens is 450 g/mol. The minimum absolute atomic E-state index is 0.0181. The summed E-state index contributed by atoms with van der Waals surface area (Å²) in [7, 11) is 1.81. The molecule has 0 saturated carbocycles. The minimum Gasteiger partial charge on any atom is -0.480 e. The van der Waals surface area contributed by atoms with Gasteiger partial charge in [0, 0.05) is 41.2 Å².